The molecule has 0 radical (unpaired) electrons. The van der Waals surface area contributed by atoms with E-state index in [4.69, 9.17) is 5.26 Å². The normalized spacial score (nSPS) is 9.94. The minimum Gasteiger partial charge on any atom is -0.508 e. The molecule has 16 heavy (non-hydrogen) atoms. The van der Waals surface area contributed by atoms with E-state index in [-0.39, 0.29) is 5.75 Å². The number of hydrogen-bond donors (Lipinski definition) is 1. The van der Waals surface area contributed by atoms with E-state index in [1.54, 1.807) is 29.1 Å². The van der Waals surface area contributed by atoms with Gasteiger partial charge >= 0.3 is 0 Å². The smallest absolute Gasteiger partial charge is 0.116 e. The number of nitriles is 1. The molecule has 2 aromatic rings. The Bertz CT molecular complexity index is 525. The van der Waals surface area contributed by atoms with Crippen LogP contribution in [0.1, 0.15) is 6.42 Å². The van der Waals surface area contributed by atoms with Gasteiger partial charge in [0.2, 0.25) is 0 Å². The van der Waals surface area contributed by atoms with Crippen molar-refractivity contribution in [3.8, 4) is 22.9 Å². The molecule has 0 amide bonds. The molecule has 2 rings (SSSR count). The lowest BCUT2D eigenvalue weighted by Crippen LogP contribution is -1.96. The molecule has 0 fully saturated rings. The number of aromatic hydroxyl groups is 1. The summed E-state index contributed by atoms with van der Waals surface area (Å²) >= 11 is 0. The number of aryl methyl sites for hydroxylation is 1. The molecule has 4 nitrogen and oxygen atoms in total. The van der Waals surface area contributed by atoms with Crippen molar-refractivity contribution in [2.24, 2.45) is 0 Å². The molecular formula is C12H11N3O. The molecule has 0 saturated heterocycles. The van der Waals surface area contributed by atoms with Crippen molar-refractivity contribution >= 4 is 0 Å². The molecule has 0 aliphatic heterocycles. The maximum Gasteiger partial charge on any atom is 0.116 e. The largest absolute Gasteiger partial charge is 0.508 e. The van der Waals surface area contributed by atoms with Gasteiger partial charge in [0.25, 0.3) is 0 Å². The van der Waals surface area contributed by atoms with E-state index in [2.05, 4.69) is 11.2 Å². The maximum absolute atomic E-state index is 9.35. The zero-order valence-corrected chi connectivity index (χ0v) is 8.67. The molecule has 4 heteroatoms. The highest BCUT2D eigenvalue weighted by molar-refractivity contribution is 5.63. The van der Waals surface area contributed by atoms with Gasteiger partial charge < -0.3 is 5.11 Å². The van der Waals surface area contributed by atoms with Crippen LogP contribution in [0.5, 0.6) is 5.75 Å². The summed E-state index contributed by atoms with van der Waals surface area (Å²) in [5, 5.41) is 22.0. The number of aromatic nitrogens is 2. The second kappa shape index (κ2) is 4.49. The second-order valence-corrected chi connectivity index (χ2v) is 3.45. The summed E-state index contributed by atoms with van der Waals surface area (Å²) in [6.45, 7) is 0.593. The van der Waals surface area contributed by atoms with Gasteiger partial charge in [-0.15, -0.1) is 0 Å². The van der Waals surface area contributed by atoms with E-state index in [9.17, 15) is 5.11 Å². The van der Waals surface area contributed by atoms with Gasteiger partial charge in [-0.3, -0.25) is 4.68 Å². The van der Waals surface area contributed by atoms with Gasteiger partial charge in [-0.25, -0.2) is 0 Å². The molecule has 0 aliphatic rings. The van der Waals surface area contributed by atoms with Crippen LogP contribution >= 0.6 is 0 Å². The van der Waals surface area contributed by atoms with Crippen molar-refractivity contribution in [2.45, 2.75) is 13.0 Å². The summed E-state index contributed by atoms with van der Waals surface area (Å²) in [7, 11) is 0. The number of rotatable bonds is 3. The van der Waals surface area contributed by atoms with Gasteiger partial charge in [0.1, 0.15) is 5.75 Å². The van der Waals surface area contributed by atoms with E-state index in [1.807, 2.05) is 12.3 Å². The van der Waals surface area contributed by atoms with Crippen molar-refractivity contribution in [1.82, 2.24) is 9.78 Å². The van der Waals surface area contributed by atoms with Gasteiger partial charge in [-0.05, 0) is 17.7 Å². The summed E-state index contributed by atoms with van der Waals surface area (Å²) < 4.78 is 1.72. The van der Waals surface area contributed by atoms with Crippen molar-refractivity contribution in [2.75, 3.05) is 0 Å². The predicted molar refractivity (Wildman–Crippen MR) is 59.6 cm³/mol. The lowest BCUT2D eigenvalue weighted by atomic mass is 10.1. The molecule has 0 spiro atoms. The van der Waals surface area contributed by atoms with Gasteiger partial charge in [-0.1, -0.05) is 12.1 Å². The topological polar surface area (TPSA) is 61.8 Å². The Morgan fingerprint density at radius 2 is 2.25 bits per heavy atom. The molecule has 1 aromatic carbocycles. The number of benzene rings is 1. The molecule has 80 valence electrons. The van der Waals surface area contributed by atoms with E-state index in [0.717, 1.165) is 11.1 Å². The van der Waals surface area contributed by atoms with Crippen LogP contribution in [0.25, 0.3) is 11.1 Å². The highest BCUT2D eigenvalue weighted by Crippen LogP contribution is 2.22. The molecule has 1 aromatic heterocycles. The molecule has 1 N–H and O–H groups in total. The summed E-state index contributed by atoms with van der Waals surface area (Å²) in [4.78, 5) is 0. The van der Waals surface area contributed by atoms with Gasteiger partial charge in [0, 0.05) is 11.8 Å². The van der Waals surface area contributed by atoms with E-state index in [0.29, 0.717) is 13.0 Å². The van der Waals surface area contributed by atoms with Gasteiger partial charge in [0.15, 0.2) is 0 Å². The maximum atomic E-state index is 9.35. The Labute approximate surface area is 93.4 Å². The monoisotopic (exact) mass is 213 g/mol. The zero-order valence-electron chi connectivity index (χ0n) is 8.67. The highest BCUT2D eigenvalue weighted by Gasteiger charge is 2.02. The summed E-state index contributed by atoms with van der Waals surface area (Å²) in [6, 6.07) is 9.09. The second-order valence-electron chi connectivity index (χ2n) is 3.45. The van der Waals surface area contributed by atoms with Crippen LogP contribution in [0.15, 0.2) is 36.7 Å². The lowest BCUT2D eigenvalue weighted by molar-refractivity contribution is 0.475. The highest BCUT2D eigenvalue weighted by atomic mass is 16.3. The van der Waals surface area contributed by atoms with Crippen LogP contribution in [0.2, 0.25) is 0 Å². The fraction of sp³-hybridized carbons (Fsp3) is 0.167. The Kier molecular flexibility index (Phi) is 2.88. The van der Waals surface area contributed by atoms with Gasteiger partial charge in [-0.2, -0.15) is 10.4 Å². The van der Waals surface area contributed by atoms with Crippen LogP contribution in [0, 0.1) is 11.3 Å². The Morgan fingerprint density at radius 1 is 1.38 bits per heavy atom. The molecular weight excluding hydrogens is 202 g/mol. The van der Waals surface area contributed by atoms with Crippen molar-refractivity contribution in [3.63, 3.8) is 0 Å². The third kappa shape index (κ3) is 2.20. The first-order chi connectivity index (χ1) is 7.79. The zero-order chi connectivity index (χ0) is 11.4. The third-order valence-electron chi connectivity index (χ3n) is 2.27. The van der Waals surface area contributed by atoms with Crippen LogP contribution in [-0.2, 0) is 6.54 Å². The molecule has 0 unspecified atom stereocenters. The van der Waals surface area contributed by atoms with Crippen molar-refractivity contribution in [3.05, 3.63) is 36.7 Å². The molecule has 0 saturated carbocycles. The minimum atomic E-state index is 0.238. The lowest BCUT2D eigenvalue weighted by Gasteiger charge is -1.97. The Hall–Kier alpha value is -2.28. The average molecular weight is 213 g/mol. The SMILES string of the molecule is N#CCCn1cc(-c2cccc(O)c2)cn1. The fourth-order valence-electron chi connectivity index (χ4n) is 1.48. The van der Waals surface area contributed by atoms with E-state index < -0.39 is 0 Å². The van der Waals surface area contributed by atoms with Gasteiger partial charge in [0.05, 0.1) is 25.2 Å². The summed E-state index contributed by atoms with van der Waals surface area (Å²) in [5.74, 6) is 0.238. The number of nitrogens with zero attached hydrogens (tertiary/aromatic N) is 3. The third-order valence-corrected chi connectivity index (χ3v) is 2.27. The number of phenols is 1. The van der Waals surface area contributed by atoms with Crippen LogP contribution in [0.4, 0.5) is 0 Å². The van der Waals surface area contributed by atoms with Crippen molar-refractivity contribution in [1.29, 1.82) is 5.26 Å². The summed E-state index contributed by atoms with van der Waals surface area (Å²) in [6.07, 6.45) is 4.04. The standard InChI is InChI=1S/C12H11N3O/c13-5-2-6-15-9-11(8-14-15)10-3-1-4-12(16)7-10/h1,3-4,7-9,16H,2,6H2. The first-order valence-corrected chi connectivity index (χ1v) is 4.98. The van der Waals surface area contributed by atoms with Crippen LogP contribution in [-0.4, -0.2) is 14.9 Å². The average Bonchev–Trinajstić information content (AvgIpc) is 2.75. The summed E-state index contributed by atoms with van der Waals surface area (Å²) in [5.41, 5.74) is 1.86. The quantitative estimate of drug-likeness (QED) is 0.849. The number of phenolic OH excluding ortho intramolecular Hbond substituents is 1. The van der Waals surface area contributed by atoms with Crippen LogP contribution < -0.4 is 0 Å². The number of hydrogen-bond acceptors (Lipinski definition) is 3. The van der Waals surface area contributed by atoms with Crippen LogP contribution in [0.3, 0.4) is 0 Å². The van der Waals surface area contributed by atoms with Crippen molar-refractivity contribution < 1.29 is 5.11 Å². The first-order valence-electron chi connectivity index (χ1n) is 4.98. The molecule has 1 heterocycles. The minimum absolute atomic E-state index is 0.238. The Morgan fingerprint density at radius 3 is 3.00 bits per heavy atom. The predicted octanol–water partition coefficient (Wildman–Crippen LogP) is 2.17. The van der Waals surface area contributed by atoms with E-state index >= 15 is 0 Å². The molecule has 0 aliphatic carbocycles. The molecule has 0 bridgehead atoms. The molecule has 0 atom stereocenters. The fourth-order valence-corrected chi connectivity index (χ4v) is 1.48. The van der Waals surface area contributed by atoms with E-state index in [1.165, 1.54) is 0 Å². The first kappa shape index (κ1) is 10.2. The Balaban J connectivity index is 2.22.